The monoisotopic (exact) mass is 443 g/mol. The summed E-state index contributed by atoms with van der Waals surface area (Å²) in [7, 11) is 0.0668. The third-order valence-corrected chi connectivity index (χ3v) is 7.26. The molecule has 0 saturated carbocycles. The molecule has 1 aromatic carbocycles. The highest BCUT2D eigenvalue weighted by molar-refractivity contribution is 7.89. The Labute approximate surface area is 184 Å². The van der Waals surface area contributed by atoms with Gasteiger partial charge in [0, 0.05) is 48.6 Å². The van der Waals surface area contributed by atoms with Gasteiger partial charge in [-0.2, -0.15) is 4.31 Å². The molecule has 31 heavy (non-hydrogen) atoms. The normalized spacial score (nSPS) is 21.7. The number of fused-ring (bicyclic) bond motifs is 1. The lowest BCUT2D eigenvalue weighted by Gasteiger charge is -2.37. The first kappa shape index (κ1) is 23.2. The molecule has 0 unspecified atom stereocenters. The summed E-state index contributed by atoms with van der Waals surface area (Å²) in [5, 5.41) is 9.68. The van der Waals surface area contributed by atoms with Crippen LogP contribution in [0.15, 0.2) is 47.6 Å². The summed E-state index contributed by atoms with van der Waals surface area (Å²) in [5.41, 5.74) is 1.47. The van der Waals surface area contributed by atoms with Crippen LogP contribution in [0.5, 0.6) is 5.75 Å². The number of likely N-dealkylation sites (N-methyl/N-ethyl adjacent to an activating group) is 1. The van der Waals surface area contributed by atoms with Crippen molar-refractivity contribution in [3.8, 4) is 17.6 Å². The fourth-order valence-corrected chi connectivity index (χ4v) is 5.29. The summed E-state index contributed by atoms with van der Waals surface area (Å²) < 4.78 is 34.5. The Balaban J connectivity index is 2.08. The summed E-state index contributed by atoms with van der Waals surface area (Å²) in [5.74, 6) is 6.34. The van der Waals surface area contributed by atoms with Crippen molar-refractivity contribution in [3.63, 3.8) is 0 Å². The fraction of sp³-hybridized carbons (Fsp3) is 0.435. The number of aliphatic hydroxyl groups is 1. The predicted octanol–water partition coefficient (Wildman–Crippen LogP) is 1.81. The van der Waals surface area contributed by atoms with Crippen LogP contribution in [0.25, 0.3) is 0 Å². The molecule has 1 aromatic heterocycles. The fourth-order valence-electron chi connectivity index (χ4n) is 3.46. The Morgan fingerprint density at radius 3 is 2.55 bits per heavy atom. The zero-order chi connectivity index (χ0) is 22.6. The minimum Gasteiger partial charge on any atom is -0.487 e. The van der Waals surface area contributed by atoms with Gasteiger partial charge in [0.15, 0.2) is 0 Å². The molecule has 0 saturated heterocycles. The maximum absolute atomic E-state index is 13.4. The molecular weight excluding hydrogens is 414 g/mol. The van der Waals surface area contributed by atoms with Gasteiger partial charge >= 0.3 is 0 Å². The quantitative estimate of drug-likeness (QED) is 0.726. The number of pyridine rings is 1. The third kappa shape index (κ3) is 5.43. The molecule has 0 bridgehead atoms. The van der Waals surface area contributed by atoms with Gasteiger partial charge in [0.1, 0.15) is 16.7 Å². The van der Waals surface area contributed by atoms with E-state index >= 15 is 0 Å². The van der Waals surface area contributed by atoms with Crippen molar-refractivity contribution in [1.82, 2.24) is 14.2 Å². The van der Waals surface area contributed by atoms with Crippen molar-refractivity contribution in [2.75, 3.05) is 33.8 Å². The van der Waals surface area contributed by atoms with Crippen LogP contribution in [-0.4, -0.2) is 73.7 Å². The molecule has 0 fully saturated rings. The Morgan fingerprint density at radius 2 is 1.90 bits per heavy atom. The Hall–Kier alpha value is -2.44. The van der Waals surface area contributed by atoms with E-state index < -0.39 is 16.1 Å². The van der Waals surface area contributed by atoms with E-state index in [0.29, 0.717) is 12.1 Å². The molecule has 0 spiro atoms. The van der Waals surface area contributed by atoms with Crippen molar-refractivity contribution >= 4 is 10.0 Å². The van der Waals surface area contributed by atoms with Gasteiger partial charge in [0.2, 0.25) is 10.0 Å². The SMILES string of the molecule is C[C@@H]1CN([C@H](C)CO)S(=O)(=O)c2ccc(C#Cc3ccncc3)cc2O[C@@H]1CN(C)C. The second-order valence-corrected chi connectivity index (χ2v) is 10.0. The van der Waals surface area contributed by atoms with Crippen molar-refractivity contribution < 1.29 is 18.3 Å². The number of hydrogen-bond donors (Lipinski definition) is 1. The van der Waals surface area contributed by atoms with Gasteiger partial charge in [-0.3, -0.25) is 4.98 Å². The number of rotatable bonds is 4. The average Bonchev–Trinajstić information content (AvgIpc) is 2.74. The molecule has 2 aromatic rings. The van der Waals surface area contributed by atoms with E-state index in [1.807, 2.05) is 38.1 Å². The van der Waals surface area contributed by atoms with Gasteiger partial charge in [0.25, 0.3) is 0 Å². The molecule has 7 nitrogen and oxygen atoms in total. The highest BCUT2D eigenvalue weighted by Gasteiger charge is 2.37. The number of aromatic nitrogens is 1. The number of nitrogens with zero attached hydrogens (tertiary/aromatic N) is 3. The maximum Gasteiger partial charge on any atom is 0.247 e. The molecule has 0 aliphatic carbocycles. The van der Waals surface area contributed by atoms with Gasteiger partial charge in [-0.25, -0.2) is 8.42 Å². The van der Waals surface area contributed by atoms with Gasteiger partial charge in [0.05, 0.1) is 6.61 Å². The van der Waals surface area contributed by atoms with E-state index in [4.69, 9.17) is 4.74 Å². The summed E-state index contributed by atoms with van der Waals surface area (Å²) in [4.78, 5) is 6.09. The van der Waals surface area contributed by atoms with Crippen LogP contribution in [0.2, 0.25) is 0 Å². The first-order chi connectivity index (χ1) is 14.7. The third-order valence-electron chi connectivity index (χ3n) is 5.24. The topological polar surface area (TPSA) is 83.0 Å². The van der Waals surface area contributed by atoms with Crippen LogP contribution < -0.4 is 4.74 Å². The van der Waals surface area contributed by atoms with Crippen LogP contribution in [0.4, 0.5) is 0 Å². The van der Waals surface area contributed by atoms with Crippen molar-refractivity contribution in [1.29, 1.82) is 0 Å². The van der Waals surface area contributed by atoms with E-state index in [9.17, 15) is 13.5 Å². The van der Waals surface area contributed by atoms with Crippen LogP contribution in [-0.2, 0) is 10.0 Å². The van der Waals surface area contributed by atoms with Crippen LogP contribution in [0, 0.1) is 17.8 Å². The number of hydrogen-bond acceptors (Lipinski definition) is 6. The first-order valence-electron chi connectivity index (χ1n) is 10.2. The summed E-state index contributed by atoms with van der Waals surface area (Å²) in [6.07, 6.45) is 3.12. The number of benzene rings is 1. The number of aliphatic hydroxyl groups excluding tert-OH is 1. The first-order valence-corrected chi connectivity index (χ1v) is 11.7. The lowest BCUT2D eigenvalue weighted by Crippen LogP contribution is -2.49. The molecule has 166 valence electrons. The van der Waals surface area contributed by atoms with Gasteiger partial charge < -0.3 is 14.7 Å². The van der Waals surface area contributed by atoms with Crippen LogP contribution in [0.3, 0.4) is 0 Å². The largest absolute Gasteiger partial charge is 0.487 e. The highest BCUT2D eigenvalue weighted by Crippen LogP contribution is 2.34. The molecule has 1 aliphatic heterocycles. The van der Waals surface area contributed by atoms with E-state index in [1.165, 1.54) is 4.31 Å². The molecular formula is C23H29N3O4S. The molecule has 3 atom stereocenters. The lowest BCUT2D eigenvalue weighted by atomic mass is 10.0. The molecule has 1 N–H and O–H groups in total. The Bertz CT molecular complexity index is 1060. The number of sulfonamides is 1. The molecule has 1 aliphatic rings. The Kier molecular flexibility index (Phi) is 7.34. The number of ether oxygens (including phenoxy) is 1. The smallest absolute Gasteiger partial charge is 0.247 e. The molecule has 0 radical (unpaired) electrons. The zero-order valence-corrected chi connectivity index (χ0v) is 19.1. The van der Waals surface area contributed by atoms with Gasteiger partial charge in [-0.1, -0.05) is 18.8 Å². The maximum atomic E-state index is 13.4. The van der Waals surface area contributed by atoms with E-state index in [1.54, 1.807) is 37.5 Å². The zero-order valence-electron chi connectivity index (χ0n) is 18.3. The van der Waals surface area contributed by atoms with E-state index in [0.717, 1.165) is 5.56 Å². The second-order valence-electron chi connectivity index (χ2n) is 8.15. The molecule has 0 amide bonds. The summed E-state index contributed by atoms with van der Waals surface area (Å²) in [6, 6.07) is 7.99. The minimum atomic E-state index is -3.84. The van der Waals surface area contributed by atoms with Crippen molar-refractivity contribution in [2.24, 2.45) is 5.92 Å². The predicted molar refractivity (Wildman–Crippen MR) is 119 cm³/mol. The second kappa shape index (κ2) is 9.79. The molecule has 3 rings (SSSR count). The van der Waals surface area contributed by atoms with Crippen molar-refractivity contribution in [3.05, 3.63) is 53.9 Å². The van der Waals surface area contributed by atoms with Crippen LogP contribution in [0.1, 0.15) is 25.0 Å². The Morgan fingerprint density at radius 1 is 1.23 bits per heavy atom. The average molecular weight is 444 g/mol. The minimum absolute atomic E-state index is 0.0779. The lowest BCUT2D eigenvalue weighted by molar-refractivity contribution is 0.0812. The summed E-state index contributed by atoms with van der Waals surface area (Å²) in [6.45, 7) is 4.33. The molecule has 8 heteroatoms. The van der Waals surface area contributed by atoms with Gasteiger partial charge in [-0.05, 0) is 51.4 Å². The van der Waals surface area contributed by atoms with Crippen molar-refractivity contribution in [2.45, 2.75) is 30.9 Å². The van der Waals surface area contributed by atoms with E-state index in [2.05, 4.69) is 16.8 Å². The van der Waals surface area contributed by atoms with E-state index in [-0.39, 0.29) is 35.8 Å². The highest BCUT2D eigenvalue weighted by atomic mass is 32.2. The standard InChI is InChI=1S/C23H29N3O4S/c1-17-14-26(18(2)16-27)31(28,29)23-8-7-20(6-5-19-9-11-24-12-10-19)13-21(23)30-22(17)15-25(3)4/h7-13,17-18,22,27H,14-16H2,1-4H3/t17-,18-,22-/m1/s1. The summed E-state index contributed by atoms with van der Waals surface area (Å²) >= 11 is 0. The van der Waals surface area contributed by atoms with Crippen LogP contribution >= 0.6 is 0 Å². The van der Waals surface area contributed by atoms with Gasteiger partial charge in [-0.15, -0.1) is 0 Å². The molecule has 2 heterocycles.